The topological polar surface area (TPSA) is 35.8 Å². The molecule has 0 unspecified atom stereocenters. The fourth-order valence-corrected chi connectivity index (χ4v) is 1.54. The maximum Gasteiger partial charge on any atom is 0.101 e. The van der Waals surface area contributed by atoms with Crippen LogP contribution in [0.5, 0.6) is 0 Å². The standard InChI is InChI=1S/C13H20N2O/c1-10(2)14-15(4)11(3)13(16)12-8-6-5-7-9-12/h5-9,11,13,16H,1-4H3/t11-,13-/m1/s1. The molecule has 0 amide bonds. The molecule has 16 heavy (non-hydrogen) atoms. The van der Waals surface area contributed by atoms with Gasteiger partial charge in [-0.3, -0.25) is 5.01 Å². The smallest absolute Gasteiger partial charge is 0.101 e. The largest absolute Gasteiger partial charge is 0.386 e. The molecule has 0 aliphatic heterocycles. The van der Waals surface area contributed by atoms with E-state index in [0.29, 0.717) is 0 Å². The van der Waals surface area contributed by atoms with Crippen LogP contribution in [0.3, 0.4) is 0 Å². The van der Waals surface area contributed by atoms with Crippen LogP contribution in [0.15, 0.2) is 35.4 Å². The number of rotatable bonds is 4. The maximum absolute atomic E-state index is 10.2. The van der Waals surface area contributed by atoms with E-state index < -0.39 is 6.10 Å². The van der Waals surface area contributed by atoms with Crippen molar-refractivity contribution in [1.29, 1.82) is 0 Å². The Morgan fingerprint density at radius 3 is 2.31 bits per heavy atom. The van der Waals surface area contributed by atoms with E-state index in [2.05, 4.69) is 5.10 Å². The van der Waals surface area contributed by atoms with Gasteiger partial charge in [0.1, 0.15) is 6.10 Å². The van der Waals surface area contributed by atoms with Gasteiger partial charge in [0.05, 0.1) is 6.04 Å². The number of benzene rings is 1. The third kappa shape index (κ3) is 3.35. The van der Waals surface area contributed by atoms with Crippen LogP contribution in [0.1, 0.15) is 32.4 Å². The summed E-state index contributed by atoms with van der Waals surface area (Å²) in [5, 5.41) is 16.3. The zero-order valence-corrected chi connectivity index (χ0v) is 10.4. The predicted molar refractivity (Wildman–Crippen MR) is 67.4 cm³/mol. The third-order valence-electron chi connectivity index (χ3n) is 2.55. The molecular weight excluding hydrogens is 200 g/mol. The van der Waals surface area contributed by atoms with Crippen LogP contribution in [0, 0.1) is 0 Å². The van der Waals surface area contributed by atoms with Gasteiger partial charge in [0.15, 0.2) is 0 Å². The van der Waals surface area contributed by atoms with Crippen molar-refractivity contribution in [2.24, 2.45) is 5.10 Å². The van der Waals surface area contributed by atoms with Crippen molar-refractivity contribution in [2.75, 3.05) is 7.05 Å². The van der Waals surface area contributed by atoms with E-state index in [1.165, 1.54) is 0 Å². The van der Waals surface area contributed by atoms with Crippen LogP contribution in [0.25, 0.3) is 0 Å². The minimum Gasteiger partial charge on any atom is -0.386 e. The molecule has 2 atom stereocenters. The van der Waals surface area contributed by atoms with E-state index in [0.717, 1.165) is 11.3 Å². The van der Waals surface area contributed by atoms with Crippen molar-refractivity contribution in [3.05, 3.63) is 35.9 Å². The zero-order chi connectivity index (χ0) is 12.1. The van der Waals surface area contributed by atoms with Gasteiger partial charge in [0.2, 0.25) is 0 Å². The summed E-state index contributed by atoms with van der Waals surface area (Å²) in [5.41, 5.74) is 1.90. The van der Waals surface area contributed by atoms with Gasteiger partial charge in [0.25, 0.3) is 0 Å². The van der Waals surface area contributed by atoms with E-state index in [4.69, 9.17) is 0 Å². The van der Waals surface area contributed by atoms with Gasteiger partial charge in [-0.05, 0) is 26.3 Å². The van der Waals surface area contributed by atoms with E-state index in [1.807, 2.05) is 58.2 Å². The van der Waals surface area contributed by atoms with Gasteiger partial charge in [0, 0.05) is 12.8 Å². The average Bonchev–Trinajstić information content (AvgIpc) is 2.27. The van der Waals surface area contributed by atoms with Gasteiger partial charge in [-0.2, -0.15) is 5.10 Å². The molecule has 1 rings (SSSR count). The average molecular weight is 220 g/mol. The first-order chi connectivity index (χ1) is 7.52. The predicted octanol–water partition coefficient (Wildman–Crippen LogP) is 2.44. The Morgan fingerprint density at radius 2 is 1.81 bits per heavy atom. The molecular formula is C13H20N2O. The molecule has 3 heteroatoms. The molecule has 1 aromatic rings. The monoisotopic (exact) mass is 220 g/mol. The summed E-state index contributed by atoms with van der Waals surface area (Å²) in [6.45, 7) is 5.85. The molecule has 0 spiro atoms. The molecule has 88 valence electrons. The van der Waals surface area contributed by atoms with Crippen molar-refractivity contribution in [3.63, 3.8) is 0 Å². The van der Waals surface area contributed by atoms with Crippen molar-refractivity contribution in [2.45, 2.75) is 32.9 Å². The summed E-state index contributed by atoms with van der Waals surface area (Å²) >= 11 is 0. The van der Waals surface area contributed by atoms with E-state index in [1.54, 1.807) is 5.01 Å². The van der Waals surface area contributed by atoms with Crippen molar-refractivity contribution >= 4 is 5.71 Å². The molecule has 0 aliphatic carbocycles. The second-order valence-corrected chi connectivity index (χ2v) is 4.22. The van der Waals surface area contributed by atoms with Crippen molar-refractivity contribution in [3.8, 4) is 0 Å². The molecule has 0 saturated carbocycles. The number of likely N-dealkylation sites (N-methyl/N-ethyl adjacent to an activating group) is 1. The number of nitrogens with zero attached hydrogens (tertiary/aromatic N) is 2. The van der Waals surface area contributed by atoms with Crippen LogP contribution >= 0.6 is 0 Å². The highest BCUT2D eigenvalue weighted by atomic mass is 16.3. The molecule has 0 radical (unpaired) electrons. The maximum atomic E-state index is 10.2. The van der Waals surface area contributed by atoms with Crippen LogP contribution in [0.4, 0.5) is 0 Å². The first-order valence-electron chi connectivity index (χ1n) is 5.50. The quantitative estimate of drug-likeness (QED) is 0.625. The summed E-state index contributed by atoms with van der Waals surface area (Å²) in [5.74, 6) is 0. The Balaban J connectivity index is 2.75. The zero-order valence-electron chi connectivity index (χ0n) is 10.4. The first-order valence-corrected chi connectivity index (χ1v) is 5.50. The summed E-state index contributed by atoms with van der Waals surface area (Å²) in [4.78, 5) is 0. The molecule has 0 bridgehead atoms. The molecule has 0 aliphatic rings. The molecule has 1 N–H and O–H groups in total. The number of aliphatic hydroxyl groups is 1. The highest BCUT2D eigenvalue weighted by Crippen LogP contribution is 2.19. The van der Waals surface area contributed by atoms with Gasteiger partial charge in [-0.1, -0.05) is 30.3 Å². The molecule has 1 aromatic carbocycles. The Labute approximate surface area is 97.4 Å². The summed E-state index contributed by atoms with van der Waals surface area (Å²) in [6, 6.07) is 9.62. The number of hydrazone groups is 1. The highest BCUT2D eigenvalue weighted by molar-refractivity contribution is 5.78. The van der Waals surface area contributed by atoms with E-state index in [9.17, 15) is 5.11 Å². The van der Waals surface area contributed by atoms with Crippen molar-refractivity contribution in [1.82, 2.24) is 5.01 Å². The lowest BCUT2D eigenvalue weighted by molar-refractivity contribution is 0.0744. The molecule has 0 aromatic heterocycles. The van der Waals surface area contributed by atoms with Gasteiger partial charge in [-0.25, -0.2) is 0 Å². The Bertz CT molecular complexity index is 344. The minimum absolute atomic E-state index is 0.0442. The SMILES string of the molecule is CC(C)=NN(C)[C@H](C)[C@@H](O)c1ccccc1. The normalized spacial score (nSPS) is 14.1. The summed E-state index contributed by atoms with van der Waals surface area (Å²) < 4.78 is 0. The van der Waals surface area contributed by atoms with Gasteiger partial charge >= 0.3 is 0 Å². The van der Waals surface area contributed by atoms with Crippen LogP contribution < -0.4 is 0 Å². The van der Waals surface area contributed by atoms with Crippen LogP contribution in [-0.2, 0) is 0 Å². The Hall–Kier alpha value is -1.35. The van der Waals surface area contributed by atoms with E-state index in [-0.39, 0.29) is 6.04 Å². The minimum atomic E-state index is -0.519. The lowest BCUT2D eigenvalue weighted by atomic mass is 10.0. The first kappa shape index (κ1) is 12.7. The summed E-state index contributed by atoms with van der Waals surface area (Å²) in [7, 11) is 1.88. The van der Waals surface area contributed by atoms with Crippen molar-refractivity contribution < 1.29 is 5.11 Å². The number of aliphatic hydroxyl groups excluding tert-OH is 1. The third-order valence-corrected chi connectivity index (χ3v) is 2.55. The molecule has 3 nitrogen and oxygen atoms in total. The number of hydrogen-bond donors (Lipinski definition) is 1. The second-order valence-electron chi connectivity index (χ2n) is 4.22. The van der Waals surface area contributed by atoms with Gasteiger partial charge in [-0.15, -0.1) is 0 Å². The molecule has 0 fully saturated rings. The van der Waals surface area contributed by atoms with Gasteiger partial charge < -0.3 is 5.11 Å². The fraction of sp³-hybridized carbons (Fsp3) is 0.462. The molecule has 0 heterocycles. The Morgan fingerprint density at radius 1 is 1.25 bits per heavy atom. The van der Waals surface area contributed by atoms with E-state index >= 15 is 0 Å². The number of hydrogen-bond acceptors (Lipinski definition) is 3. The van der Waals surface area contributed by atoms with Crippen LogP contribution in [0.2, 0.25) is 0 Å². The summed E-state index contributed by atoms with van der Waals surface area (Å²) in [6.07, 6.45) is -0.519. The lowest BCUT2D eigenvalue weighted by Crippen LogP contribution is -2.31. The second kappa shape index (κ2) is 5.66. The fourth-order valence-electron chi connectivity index (χ4n) is 1.54. The Kier molecular flexibility index (Phi) is 4.50. The highest BCUT2D eigenvalue weighted by Gasteiger charge is 2.19. The molecule has 0 saturated heterocycles. The van der Waals surface area contributed by atoms with Crippen LogP contribution in [-0.4, -0.2) is 28.9 Å². The lowest BCUT2D eigenvalue weighted by Gasteiger charge is -2.27.